The highest BCUT2D eigenvalue weighted by atomic mass is 32.1. The first-order valence-electron chi connectivity index (χ1n) is 8.37. The van der Waals surface area contributed by atoms with E-state index in [0.29, 0.717) is 11.6 Å². The molecule has 1 aliphatic heterocycles. The first-order chi connectivity index (χ1) is 11.5. The SMILES string of the molecule is Cc1cc2oc(=O)cc(CN3CCc4sccc4[C@H]3C)c2cc1C. The molecule has 24 heavy (non-hydrogen) atoms. The van der Waals surface area contributed by atoms with Crippen LogP contribution in [0.1, 0.15) is 40.1 Å². The van der Waals surface area contributed by atoms with Gasteiger partial charge in [-0.2, -0.15) is 0 Å². The molecule has 0 saturated carbocycles. The summed E-state index contributed by atoms with van der Waals surface area (Å²) in [5.41, 5.74) is 5.31. The van der Waals surface area contributed by atoms with Gasteiger partial charge in [0.25, 0.3) is 0 Å². The topological polar surface area (TPSA) is 33.5 Å². The van der Waals surface area contributed by atoms with Gasteiger partial charge in [-0.1, -0.05) is 0 Å². The normalized spacial score (nSPS) is 18.0. The van der Waals surface area contributed by atoms with Gasteiger partial charge >= 0.3 is 5.63 Å². The third kappa shape index (κ3) is 2.60. The van der Waals surface area contributed by atoms with E-state index in [-0.39, 0.29) is 5.63 Å². The van der Waals surface area contributed by atoms with Gasteiger partial charge in [0.1, 0.15) is 5.58 Å². The van der Waals surface area contributed by atoms with Crippen LogP contribution in [0, 0.1) is 13.8 Å². The number of rotatable bonds is 2. The van der Waals surface area contributed by atoms with Crippen LogP contribution < -0.4 is 5.63 Å². The van der Waals surface area contributed by atoms with E-state index in [2.05, 4.69) is 36.3 Å². The largest absolute Gasteiger partial charge is 0.423 e. The fraction of sp³-hybridized carbons (Fsp3) is 0.350. The van der Waals surface area contributed by atoms with Gasteiger partial charge in [0.15, 0.2) is 0 Å². The number of hydrogen-bond acceptors (Lipinski definition) is 4. The van der Waals surface area contributed by atoms with E-state index in [4.69, 9.17) is 4.42 Å². The molecule has 3 heterocycles. The summed E-state index contributed by atoms with van der Waals surface area (Å²) < 4.78 is 5.43. The Hall–Kier alpha value is -1.91. The van der Waals surface area contributed by atoms with Crippen LogP contribution in [0.25, 0.3) is 11.0 Å². The summed E-state index contributed by atoms with van der Waals surface area (Å²) >= 11 is 1.85. The van der Waals surface area contributed by atoms with Gasteiger partial charge in [0.2, 0.25) is 0 Å². The summed E-state index contributed by atoms with van der Waals surface area (Å²) in [6.45, 7) is 8.22. The van der Waals surface area contributed by atoms with E-state index >= 15 is 0 Å². The van der Waals surface area contributed by atoms with Crippen molar-refractivity contribution in [3.8, 4) is 0 Å². The molecular formula is C20H21NO2S. The van der Waals surface area contributed by atoms with Crippen molar-refractivity contribution < 1.29 is 4.42 Å². The van der Waals surface area contributed by atoms with Crippen LogP contribution in [0.4, 0.5) is 0 Å². The Labute approximate surface area is 145 Å². The van der Waals surface area contributed by atoms with Gasteiger partial charge in [-0.15, -0.1) is 11.3 Å². The zero-order valence-corrected chi connectivity index (χ0v) is 15.1. The molecule has 0 aliphatic carbocycles. The highest BCUT2D eigenvalue weighted by molar-refractivity contribution is 7.10. The third-order valence-corrected chi connectivity index (χ3v) is 6.22. The molecule has 0 amide bonds. The Bertz CT molecular complexity index is 969. The molecule has 0 unspecified atom stereocenters. The van der Waals surface area contributed by atoms with Crippen LogP contribution in [0.3, 0.4) is 0 Å². The summed E-state index contributed by atoms with van der Waals surface area (Å²) in [5, 5.41) is 3.24. The van der Waals surface area contributed by atoms with Crippen molar-refractivity contribution in [2.75, 3.05) is 6.54 Å². The minimum Gasteiger partial charge on any atom is -0.423 e. The lowest BCUT2D eigenvalue weighted by atomic mass is 9.99. The van der Waals surface area contributed by atoms with Crippen molar-refractivity contribution in [3.05, 3.63) is 67.2 Å². The predicted octanol–water partition coefficient (Wildman–Crippen LogP) is 4.59. The van der Waals surface area contributed by atoms with Crippen molar-refractivity contribution in [1.82, 2.24) is 4.90 Å². The molecule has 4 rings (SSSR count). The lowest BCUT2D eigenvalue weighted by Gasteiger charge is -2.33. The van der Waals surface area contributed by atoms with Crippen LogP contribution in [0.2, 0.25) is 0 Å². The Morgan fingerprint density at radius 3 is 2.88 bits per heavy atom. The Balaban J connectivity index is 1.75. The number of benzene rings is 1. The molecule has 4 heteroatoms. The summed E-state index contributed by atoms with van der Waals surface area (Å²) in [5.74, 6) is 0. The van der Waals surface area contributed by atoms with Crippen molar-refractivity contribution >= 4 is 22.3 Å². The zero-order valence-electron chi connectivity index (χ0n) is 14.3. The number of thiophene rings is 1. The van der Waals surface area contributed by atoms with E-state index in [1.165, 1.54) is 16.0 Å². The Morgan fingerprint density at radius 2 is 2.04 bits per heavy atom. The lowest BCUT2D eigenvalue weighted by molar-refractivity contribution is 0.192. The van der Waals surface area contributed by atoms with Crippen LogP contribution in [0.15, 0.2) is 38.9 Å². The fourth-order valence-corrected chi connectivity index (χ4v) is 4.57. The summed E-state index contributed by atoms with van der Waals surface area (Å²) in [4.78, 5) is 16.0. The maximum Gasteiger partial charge on any atom is 0.336 e. The maximum absolute atomic E-state index is 12.0. The summed E-state index contributed by atoms with van der Waals surface area (Å²) in [7, 11) is 0. The van der Waals surface area contributed by atoms with Crippen LogP contribution >= 0.6 is 11.3 Å². The van der Waals surface area contributed by atoms with Gasteiger partial charge in [0.05, 0.1) is 0 Å². The molecule has 124 valence electrons. The quantitative estimate of drug-likeness (QED) is 0.640. The first kappa shape index (κ1) is 15.6. The average Bonchev–Trinajstić information content (AvgIpc) is 3.01. The number of nitrogens with zero attached hydrogens (tertiary/aromatic N) is 1. The van der Waals surface area contributed by atoms with E-state index in [1.807, 2.05) is 24.3 Å². The predicted molar refractivity (Wildman–Crippen MR) is 98.8 cm³/mol. The van der Waals surface area contributed by atoms with Crippen LogP contribution in [-0.2, 0) is 13.0 Å². The standard InChI is InChI=1S/C20H21NO2S/c1-12-8-17-15(10-20(22)23-18(17)9-13(12)2)11-21-6-4-19-16(14(21)3)5-7-24-19/h5,7-10,14H,4,6,11H2,1-3H3/t14-/m1/s1. The molecule has 1 aliphatic rings. The average molecular weight is 339 g/mol. The zero-order chi connectivity index (χ0) is 16.8. The smallest absolute Gasteiger partial charge is 0.336 e. The van der Waals surface area contributed by atoms with Crippen molar-refractivity contribution in [1.29, 1.82) is 0 Å². The summed E-state index contributed by atoms with van der Waals surface area (Å²) in [6.07, 6.45) is 1.09. The molecule has 0 N–H and O–H groups in total. The molecule has 1 atom stereocenters. The van der Waals surface area contributed by atoms with Crippen molar-refractivity contribution in [3.63, 3.8) is 0 Å². The van der Waals surface area contributed by atoms with E-state index in [9.17, 15) is 4.79 Å². The molecular weight excluding hydrogens is 318 g/mol. The highest BCUT2D eigenvalue weighted by Gasteiger charge is 2.25. The molecule has 0 bridgehead atoms. The molecule has 0 spiro atoms. The number of aryl methyl sites for hydroxylation is 2. The van der Waals surface area contributed by atoms with Crippen LogP contribution in [-0.4, -0.2) is 11.4 Å². The molecule has 0 fully saturated rings. The third-order valence-electron chi connectivity index (χ3n) is 5.22. The van der Waals surface area contributed by atoms with Gasteiger partial charge in [-0.05, 0) is 73.0 Å². The Morgan fingerprint density at radius 1 is 1.25 bits per heavy atom. The first-order valence-corrected chi connectivity index (χ1v) is 9.25. The van der Waals surface area contributed by atoms with Gasteiger partial charge in [0, 0.05) is 35.5 Å². The van der Waals surface area contributed by atoms with E-state index in [1.54, 1.807) is 6.07 Å². The molecule has 2 aromatic heterocycles. The summed E-state index contributed by atoms with van der Waals surface area (Å²) in [6, 6.07) is 8.41. The van der Waals surface area contributed by atoms with Crippen molar-refractivity contribution in [2.45, 2.75) is 39.8 Å². The second-order valence-electron chi connectivity index (χ2n) is 6.72. The van der Waals surface area contributed by atoms with Crippen LogP contribution in [0.5, 0.6) is 0 Å². The highest BCUT2D eigenvalue weighted by Crippen LogP contribution is 2.34. The molecule has 3 nitrogen and oxygen atoms in total. The maximum atomic E-state index is 12.0. The molecule has 0 radical (unpaired) electrons. The minimum absolute atomic E-state index is 0.262. The second kappa shape index (κ2) is 5.87. The number of hydrogen-bond donors (Lipinski definition) is 0. The Kier molecular flexibility index (Phi) is 3.82. The molecule has 3 aromatic rings. The number of fused-ring (bicyclic) bond motifs is 2. The monoisotopic (exact) mass is 339 g/mol. The molecule has 1 aromatic carbocycles. The lowest BCUT2D eigenvalue weighted by Crippen LogP contribution is -2.32. The van der Waals surface area contributed by atoms with Crippen molar-refractivity contribution in [2.24, 2.45) is 0 Å². The fourth-order valence-electron chi connectivity index (χ4n) is 3.61. The minimum atomic E-state index is -0.262. The van der Waals surface area contributed by atoms with Gasteiger partial charge in [-0.3, -0.25) is 4.90 Å². The van der Waals surface area contributed by atoms with E-state index < -0.39 is 0 Å². The van der Waals surface area contributed by atoms with E-state index in [0.717, 1.165) is 36.0 Å². The molecule has 0 saturated heterocycles. The van der Waals surface area contributed by atoms with Gasteiger partial charge in [-0.25, -0.2) is 4.79 Å². The van der Waals surface area contributed by atoms with Gasteiger partial charge < -0.3 is 4.42 Å². The second-order valence-corrected chi connectivity index (χ2v) is 7.72.